The van der Waals surface area contributed by atoms with Crippen molar-refractivity contribution in [2.75, 3.05) is 20.8 Å². The van der Waals surface area contributed by atoms with Crippen LogP contribution in [0.15, 0.2) is 0 Å². The summed E-state index contributed by atoms with van der Waals surface area (Å²) in [4.78, 5) is 0. The van der Waals surface area contributed by atoms with Gasteiger partial charge in [-0.25, -0.2) is 0 Å². The highest BCUT2D eigenvalue weighted by molar-refractivity contribution is 4.76. The highest BCUT2D eigenvalue weighted by atomic mass is 16.5. The number of methoxy groups -OCH3 is 1. The standard InChI is InChI=1S/C10H21NO/c1-11-10(6-7-12-2)8-9-4-3-5-9/h9-11H,3-8H2,1-2H3. The van der Waals surface area contributed by atoms with Crippen molar-refractivity contribution in [3.63, 3.8) is 0 Å². The third-order valence-electron chi connectivity index (χ3n) is 2.92. The molecule has 0 aromatic heterocycles. The number of hydrogen-bond acceptors (Lipinski definition) is 2. The molecule has 1 N–H and O–H groups in total. The van der Waals surface area contributed by atoms with Crippen molar-refractivity contribution >= 4 is 0 Å². The Hall–Kier alpha value is -0.0800. The van der Waals surface area contributed by atoms with Gasteiger partial charge in [0, 0.05) is 19.8 Å². The highest BCUT2D eigenvalue weighted by Gasteiger charge is 2.20. The largest absolute Gasteiger partial charge is 0.385 e. The molecule has 1 saturated carbocycles. The van der Waals surface area contributed by atoms with Gasteiger partial charge in [-0.2, -0.15) is 0 Å². The number of ether oxygens (including phenoxy) is 1. The van der Waals surface area contributed by atoms with Crippen LogP contribution in [0.5, 0.6) is 0 Å². The van der Waals surface area contributed by atoms with Crippen molar-refractivity contribution in [1.29, 1.82) is 0 Å². The summed E-state index contributed by atoms with van der Waals surface area (Å²) in [5, 5.41) is 3.36. The fraction of sp³-hybridized carbons (Fsp3) is 1.00. The first-order chi connectivity index (χ1) is 5.86. The van der Waals surface area contributed by atoms with E-state index < -0.39 is 0 Å². The van der Waals surface area contributed by atoms with Crippen molar-refractivity contribution in [3.8, 4) is 0 Å². The number of rotatable bonds is 6. The van der Waals surface area contributed by atoms with E-state index in [9.17, 15) is 0 Å². The Labute approximate surface area is 75.7 Å². The maximum atomic E-state index is 5.07. The predicted octanol–water partition coefficient (Wildman–Crippen LogP) is 1.80. The molecule has 1 atom stereocenters. The second kappa shape index (κ2) is 5.55. The third-order valence-corrected chi connectivity index (χ3v) is 2.92. The molecule has 12 heavy (non-hydrogen) atoms. The fourth-order valence-electron chi connectivity index (χ4n) is 1.77. The minimum atomic E-state index is 0.676. The fourth-order valence-corrected chi connectivity index (χ4v) is 1.77. The van der Waals surface area contributed by atoms with Crippen LogP contribution in [0.1, 0.15) is 32.1 Å². The minimum Gasteiger partial charge on any atom is -0.385 e. The molecule has 2 heteroatoms. The SMILES string of the molecule is CNC(CCOC)CC1CCC1. The molecule has 1 unspecified atom stereocenters. The van der Waals surface area contributed by atoms with Crippen LogP contribution in [-0.4, -0.2) is 26.8 Å². The molecule has 0 bridgehead atoms. The molecule has 1 aliphatic rings. The van der Waals surface area contributed by atoms with Gasteiger partial charge in [0.05, 0.1) is 0 Å². The van der Waals surface area contributed by atoms with Gasteiger partial charge in [-0.1, -0.05) is 19.3 Å². The van der Waals surface area contributed by atoms with Gasteiger partial charge >= 0.3 is 0 Å². The van der Waals surface area contributed by atoms with Crippen LogP contribution in [0.25, 0.3) is 0 Å². The minimum absolute atomic E-state index is 0.676. The lowest BCUT2D eigenvalue weighted by atomic mass is 9.80. The van der Waals surface area contributed by atoms with Gasteiger partial charge in [-0.3, -0.25) is 0 Å². The van der Waals surface area contributed by atoms with E-state index >= 15 is 0 Å². The van der Waals surface area contributed by atoms with Gasteiger partial charge in [0.2, 0.25) is 0 Å². The van der Waals surface area contributed by atoms with E-state index in [4.69, 9.17) is 4.74 Å². The van der Waals surface area contributed by atoms with Crippen molar-refractivity contribution in [2.24, 2.45) is 5.92 Å². The van der Waals surface area contributed by atoms with Gasteiger partial charge in [0.25, 0.3) is 0 Å². The van der Waals surface area contributed by atoms with Crippen molar-refractivity contribution in [1.82, 2.24) is 5.32 Å². The lowest BCUT2D eigenvalue weighted by Crippen LogP contribution is -2.31. The molecule has 0 saturated heterocycles. The summed E-state index contributed by atoms with van der Waals surface area (Å²) in [6, 6.07) is 0.676. The normalized spacial score (nSPS) is 20.5. The summed E-state index contributed by atoms with van der Waals surface area (Å²) >= 11 is 0. The Kier molecular flexibility index (Phi) is 4.62. The molecule has 0 aromatic carbocycles. The molecule has 0 amide bonds. The summed E-state index contributed by atoms with van der Waals surface area (Å²) in [5.74, 6) is 0.999. The van der Waals surface area contributed by atoms with Crippen LogP contribution in [-0.2, 0) is 4.74 Å². The molecule has 0 heterocycles. The van der Waals surface area contributed by atoms with Crippen LogP contribution in [0.4, 0.5) is 0 Å². The van der Waals surface area contributed by atoms with E-state index in [1.165, 1.54) is 25.7 Å². The zero-order chi connectivity index (χ0) is 8.81. The molecule has 0 spiro atoms. The number of nitrogens with one attached hydrogen (secondary N) is 1. The summed E-state index contributed by atoms with van der Waals surface area (Å²) in [6.07, 6.45) is 6.85. The second-order valence-electron chi connectivity index (χ2n) is 3.80. The molecule has 1 aliphatic carbocycles. The highest BCUT2D eigenvalue weighted by Crippen LogP contribution is 2.30. The van der Waals surface area contributed by atoms with Crippen LogP contribution >= 0.6 is 0 Å². The van der Waals surface area contributed by atoms with E-state index in [2.05, 4.69) is 12.4 Å². The molecular weight excluding hydrogens is 150 g/mol. The topological polar surface area (TPSA) is 21.3 Å². The Bertz CT molecular complexity index is 112. The van der Waals surface area contributed by atoms with E-state index in [0.717, 1.165) is 18.9 Å². The van der Waals surface area contributed by atoms with Crippen LogP contribution in [0.3, 0.4) is 0 Å². The first-order valence-corrected chi connectivity index (χ1v) is 5.03. The van der Waals surface area contributed by atoms with Crippen molar-refractivity contribution in [2.45, 2.75) is 38.1 Å². The van der Waals surface area contributed by atoms with Crippen LogP contribution in [0.2, 0.25) is 0 Å². The lowest BCUT2D eigenvalue weighted by molar-refractivity contribution is 0.170. The van der Waals surface area contributed by atoms with Gasteiger partial charge in [0.15, 0.2) is 0 Å². The van der Waals surface area contributed by atoms with Crippen LogP contribution in [0, 0.1) is 5.92 Å². The quantitative estimate of drug-likeness (QED) is 0.658. The molecule has 0 aliphatic heterocycles. The smallest absolute Gasteiger partial charge is 0.0477 e. The van der Waals surface area contributed by atoms with E-state index in [1.807, 2.05) is 0 Å². The van der Waals surface area contributed by atoms with E-state index in [0.29, 0.717) is 6.04 Å². The average molecular weight is 171 g/mol. The molecule has 1 fully saturated rings. The molecule has 1 rings (SSSR count). The third kappa shape index (κ3) is 3.11. The lowest BCUT2D eigenvalue weighted by Gasteiger charge is -2.29. The van der Waals surface area contributed by atoms with Gasteiger partial charge in [0.1, 0.15) is 0 Å². The Morgan fingerprint density at radius 1 is 1.50 bits per heavy atom. The maximum absolute atomic E-state index is 5.07. The Morgan fingerprint density at radius 2 is 2.25 bits per heavy atom. The maximum Gasteiger partial charge on any atom is 0.0477 e. The van der Waals surface area contributed by atoms with Crippen molar-refractivity contribution in [3.05, 3.63) is 0 Å². The van der Waals surface area contributed by atoms with E-state index in [1.54, 1.807) is 7.11 Å². The summed E-state index contributed by atoms with van der Waals surface area (Å²) in [7, 11) is 3.83. The first-order valence-electron chi connectivity index (χ1n) is 5.03. The molecule has 0 aromatic rings. The molecule has 0 radical (unpaired) electrons. The first kappa shape index (κ1) is 10.0. The summed E-state index contributed by atoms with van der Waals surface area (Å²) in [5.41, 5.74) is 0. The summed E-state index contributed by atoms with van der Waals surface area (Å²) in [6.45, 7) is 0.887. The van der Waals surface area contributed by atoms with Crippen LogP contribution < -0.4 is 5.32 Å². The zero-order valence-electron chi connectivity index (χ0n) is 8.31. The Morgan fingerprint density at radius 3 is 2.67 bits per heavy atom. The van der Waals surface area contributed by atoms with E-state index in [-0.39, 0.29) is 0 Å². The average Bonchev–Trinajstić information content (AvgIpc) is 2.02. The monoisotopic (exact) mass is 171 g/mol. The van der Waals surface area contributed by atoms with Gasteiger partial charge < -0.3 is 10.1 Å². The van der Waals surface area contributed by atoms with Crippen molar-refractivity contribution < 1.29 is 4.74 Å². The van der Waals surface area contributed by atoms with Gasteiger partial charge in [-0.15, -0.1) is 0 Å². The molecular formula is C10H21NO. The number of hydrogen-bond donors (Lipinski definition) is 1. The molecule has 2 nitrogen and oxygen atoms in total. The predicted molar refractivity (Wildman–Crippen MR) is 51.3 cm³/mol. The Balaban J connectivity index is 2.06. The zero-order valence-corrected chi connectivity index (χ0v) is 8.31. The second-order valence-corrected chi connectivity index (χ2v) is 3.80. The van der Waals surface area contributed by atoms with Gasteiger partial charge in [-0.05, 0) is 25.8 Å². The molecule has 72 valence electrons. The summed E-state index contributed by atoms with van der Waals surface area (Å²) < 4.78 is 5.07.